The first kappa shape index (κ1) is 14.2. The van der Waals surface area contributed by atoms with Gasteiger partial charge in [0, 0.05) is 25.6 Å². The molecule has 0 saturated carbocycles. The number of nitrogens with zero attached hydrogens (tertiary/aromatic N) is 2. The van der Waals surface area contributed by atoms with Crippen molar-refractivity contribution in [2.45, 2.75) is 32.7 Å². The molecular weight excluding hydrogens is 256 g/mol. The quantitative estimate of drug-likeness (QED) is 0.785. The predicted octanol–water partition coefficient (Wildman–Crippen LogP) is 1.50. The average molecular weight is 274 g/mol. The maximum absolute atomic E-state index is 12.4. The number of benzene rings is 1. The van der Waals surface area contributed by atoms with Gasteiger partial charge in [-0.25, -0.2) is 0 Å². The van der Waals surface area contributed by atoms with Crippen LogP contribution >= 0.6 is 0 Å². The number of amides is 3. The molecule has 0 bridgehead atoms. The van der Waals surface area contributed by atoms with Gasteiger partial charge in [0.05, 0.1) is 0 Å². The van der Waals surface area contributed by atoms with Gasteiger partial charge in [-0.1, -0.05) is 17.7 Å². The molecule has 106 valence electrons. The van der Waals surface area contributed by atoms with Gasteiger partial charge in [-0.15, -0.1) is 0 Å². The summed E-state index contributed by atoms with van der Waals surface area (Å²) in [6.45, 7) is 3.56. The first-order valence-corrected chi connectivity index (χ1v) is 6.61. The molecule has 3 amide bonds. The summed E-state index contributed by atoms with van der Waals surface area (Å²) in [4.78, 5) is 38.3. The molecule has 0 spiro atoms. The lowest BCUT2D eigenvalue weighted by molar-refractivity contribution is -0.145. The molecule has 0 aromatic heterocycles. The van der Waals surface area contributed by atoms with Crippen molar-refractivity contribution in [3.63, 3.8) is 0 Å². The molecular formula is C15H18N2O3. The zero-order valence-electron chi connectivity index (χ0n) is 11.9. The average Bonchev–Trinajstić information content (AvgIpc) is 2.76. The number of rotatable bonds is 3. The van der Waals surface area contributed by atoms with Crippen molar-refractivity contribution in [1.29, 1.82) is 0 Å². The number of carbonyl (C=O) groups is 3. The minimum absolute atomic E-state index is 0.199. The molecule has 5 nitrogen and oxygen atoms in total. The largest absolute Gasteiger partial charge is 0.314 e. The lowest BCUT2D eigenvalue weighted by Crippen LogP contribution is -2.48. The van der Waals surface area contributed by atoms with Gasteiger partial charge in [0.25, 0.3) is 0 Å². The Morgan fingerprint density at radius 3 is 2.15 bits per heavy atom. The Labute approximate surface area is 118 Å². The number of hydrogen-bond donors (Lipinski definition) is 0. The van der Waals surface area contributed by atoms with Crippen LogP contribution in [0.5, 0.6) is 0 Å². The van der Waals surface area contributed by atoms with E-state index in [1.165, 1.54) is 4.90 Å². The molecule has 5 heteroatoms. The highest BCUT2D eigenvalue weighted by Crippen LogP contribution is 2.19. The van der Waals surface area contributed by atoms with Crippen LogP contribution in [0.25, 0.3) is 0 Å². The molecule has 1 aromatic carbocycles. The first-order valence-electron chi connectivity index (χ1n) is 6.61. The monoisotopic (exact) mass is 274 g/mol. The van der Waals surface area contributed by atoms with Gasteiger partial charge in [0.2, 0.25) is 17.7 Å². The fourth-order valence-corrected chi connectivity index (χ4v) is 2.31. The Morgan fingerprint density at radius 1 is 1.15 bits per heavy atom. The van der Waals surface area contributed by atoms with Gasteiger partial charge in [-0.05, 0) is 26.0 Å². The van der Waals surface area contributed by atoms with Crippen LogP contribution in [0.3, 0.4) is 0 Å². The molecule has 0 radical (unpaired) electrons. The smallest absolute Gasteiger partial charge is 0.249 e. The van der Waals surface area contributed by atoms with E-state index in [1.807, 2.05) is 31.2 Å². The molecule has 1 aromatic rings. The molecule has 0 N–H and O–H groups in total. The normalized spacial score (nSPS) is 16.4. The predicted molar refractivity (Wildman–Crippen MR) is 75.1 cm³/mol. The van der Waals surface area contributed by atoms with Crippen LogP contribution < -0.4 is 4.90 Å². The minimum Gasteiger partial charge on any atom is -0.314 e. The summed E-state index contributed by atoms with van der Waals surface area (Å²) < 4.78 is 0. The van der Waals surface area contributed by atoms with E-state index >= 15 is 0 Å². The summed E-state index contributed by atoms with van der Waals surface area (Å²) in [6.07, 6.45) is 0.398. The van der Waals surface area contributed by atoms with E-state index in [2.05, 4.69) is 0 Å². The number of carbonyl (C=O) groups excluding carboxylic acids is 3. The van der Waals surface area contributed by atoms with E-state index in [9.17, 15) is 14.4 Å². The van der Waals surface area contributed by atoms with Crippen molar-refractivity contribution < 1.29 is 14.4 Å². The van der Waals surface area contributed by atoms with Gasteiger partial charge in [-0.3, -0.25) is 19.3 Å². The third-order valence-corrected chi connectivity index (χ3v) is 3.59. The highest BCUT2D eigenvalue weighted by molar-refractivity contribution is 6.08. The van der Waals surface area contributed by atoms with Crippen LogP contribution in [0, 0.1) is 6.92 Å². The summed E-state index contributed by atoms with van der Waals surface area (Å²) in [5, 5.41) is 0. The van der Waals surface area contributed by atoms with Gasteiger partial charge in [0.1, 0.15) is 6.04 Å². The zero-order valence-corrected chi connectivity index (χ0v) is 11.9. The van der Waals surface area contributed by atoms with E-state index in [0.29, 0.717) is 0 Å². The summed E-state index contributed by atoms with van der Waals surface area (Å²) in [5.74, 6) is -0.807. The molecule has 0 aliphatic carbocycles. The van der Waals surface area contributed by atoms with E-state index < -0.39 is 6.04 Å². The van der Waals surface area contributed by atoms with Gasteiger partial charge in [0.15, 0.2) is 0 Å². The number of imide groups is 1. The van der Waals surface area contributed by atoms with Gasteiger partial charge in [-0.2, -0.15) is 0 Å². The number of likely N-dealkylation sites (tertiary alicyclic amines) is 1. The van der Waals surface area contributed by atoms with Crippen molar-refractivity contribution in [2.75, 3.05) is 11.9 Å². The van der Waals surface area contributed by atoms with E-state index in [-0.39, 0.29) is 30.6 Å². The van der Waals surface area contributed by atoms with Crippen LogP contribution in [0.4, 0.5) is 5.69 Å². The SMILES string of the molecule is Cc1ccc(N(C)C(=O)C(C)N2C(=O)CCC2=O)cc1. The Bertz CT molecular complexity index is 535. The zero-order chi connectivity index (χ0) is 14.9. The summed E-state index contributed by atoms with van der Waals surface area (Å²) >= 11 is 0. The Morgan fingerprint density at radius 2 is 1.65 bits per heavy atom. The number of aryl methyl sites for hydroxylation is 1. The standard InChI is InChI=1S/C15H18N2O3/c1-10-4-6-12(7-5-10)16(3)15(20)11(2)17-13(18)8-9-14(17)19/h4-7,11H,8-9H2,1-3H3. The molecule has 1 aliphatic rings. The van der Waals surface area contributed by atoms with Crippen molar-refractivity contribution in [3.8, 4) is 0 Å². The molecule has 20 heavy (non-hydrogen) atoms. The van der Waals surface area contributed by atoms with Crippen LogP contribution in [0.2, 0.25) is 0 Å². The number of anilines is 1. The molecule has 1 unspecified atom stereocenters. The van der Waals surface area contributed by atoms with Crippen molar-refractivity contribution in [2.24, 2.45) is 0 Å². The first-order chi connectivity index (χ1) is 9.41. The summed E-state index contributed by atoms with van der Waals surface area (Å²) in [6, 6.07) is 6.75. The van der Waals surface area contributed by atoms with Crippen LogP contribution in [0.15, 0.2) is 24.3 Å². The molecule has 1 aliphatic heterocycles. The van der Waals surface area contributed by atoms with Crippen LogP contribution in [-0.2, 0) is 14.4 Å². The van der Waals surface area contributed by atoms with E-state index in [4.69, 9.17) is 0 Å². The van der Waals surface area contributed by atoms with Crippen molar-refractivity contribution >= 4 is 23.4 Å². The lowest BCUT2D eigenvalue weighted by atomic mass is 10.2. The van der Waals surface area contributed by atoms with Crippen LogP contribution in [-0.4, -0.2) is 35.7 Å². The maximum Gasteiger partial charge on any atom is 0.249 e. The third-order valence-electron chi connectivity index (χ3n) is 3.59. The highest BCUT2D eigenvalue weighted by Gasteiger charge is 2.37. The molecule has 2 rings (SSSR count). The number of likely N-dealkylation sites (N-methyl/N-ethyl adjacent to an activating group) is 1. The van der Waals surface area contributed by atoms with Crippen molar-refractivity contribution in [1.82, 2.24) is 4.90 Å². The fraction of sp³-hybridized carbons (Fsp3) is 0.400. The summed E-state index contributed by atoms with van der Waals surface area (Å²) in [5.41, 5.74) is 1.85. The fourth-order valence-electron chi connectivity index (χ4n) is 2.31. The van der Waals surface area contributed by atoms with Crippen molar-refractivity contribution in [3.05, 3.63) is 29.8 Å². The number of hydrogen-bond acceptors (Lipinski definition) is 3. The Kier molecular flexibility index (Phi) is 3.88. The molecule has 1 fully saturated rings. The van der Waals surface area contributed by atoms with E-state index in [0.717, 1.165) is 16.2 Å². The second-order valence-electron chi connectivity index (χ2n) is 5.07. The Hall–Kier alpha value is -2.17. The minimum atomic E-state index is -0.760. The highest BCUT2D eigenvalue weighted by atomic mass is 16.2. The molecule has 1 atom stereocenters. The van der Waals surface area contributed by atoms with Crippen LogP contribution in [0.1, 0.15) is 25.3 Å². The topological polar surface area (TPSA) is 57.7 Å². The Balaban J connectivity index is 2.16. The second kappa shape index (κ2) is 5.45. The maximum atomic E-state index is 12.4. The van der Waals surface area contributed by atoms with E-state index in [1.54, 1.807) is 14.0 Å². The third kappa shape index (κ3) is 2.57. The second-order valence-corrected chi connectivity index (χ2v) is 5.07. The van der Waals surface area contributed by atoms with Gasteiger partial charge < -0.3 is 4.90 Å². The molecule has 1 heterocycles. The molecule has 1 saturated heterocycles. The summed E-state index contributed by atoms with van der Waals surface area (Å²) in [7, 11) is 1.65. The van der Waals surface area contributed by atoms with Gasteiger partial charge >= 0.3 is 0 Å². The lowest BCUT2D eigenvalue weighted by Gasteiger charge is -2.26.